The van der Waals surface area contributed by atoms with E-state index in [9.17, 15) is 0 Å². The molecule has 3 nitrogen and oxygen atoms in total. The molecule has 2 N–H and O–H groups in total. The van der Waals surface area contributed by atoms with E-state index in [4.69, 9.17) is 10.5 Å². The number of fused-ring (bicyclic) bond motifs is 1. The average molecular weight is 276 g/mol. The lowest BCUT2D eigenvalue weighted by atomic mass is 9.98. The lowest BCUT2D eigenvalue weighted by Gasteiger charge is -2.22. The summed E-state index contributed by atoms with van der Waals surface area (Å²) in [5.74, 6) is 1.63. The Kier molecular flexibility index (Phi) is 3.48. The number of hydrogen-bond acceptors (Lipinski definition) is 4. The van der Waals surface area contributed by atoms with E-state index in [0.29, 0.717) is 12.0 Å². The van der Waals surface area contributed by atoms with Crippen LogP contribution in [0.1, 0.15) is 18.0 Å². The largest absolute Gasteiger partial charge is 0.496 e. The fourth-order valence-electron chi connectivity index (χ4n) is 3.16. The molecule has 3 rings (SSSR count). The minimum absolute atomic E-state index is 0.424. The fraction of sp³-hybridized carbons (Fsp3) is 0.467. The molecule has 1 aliphatic rings. The summed E-state index contributed by atoms with van der Waals surface area (Å²) < 4.78 is 6.98. The normalized spacial score (nSPS) is 24.2. The molecule has 1 aromatic carbocycles. The van der Waals surface area contributed by atoms with E-state index in [0.717, 1.165) is 25.3 Å². The highest BCUT2D eigenvalue weighted by molar-refractivity contribution is 7.17. The molecular weight excluding hydrogens is 256 g/mol. The first-order chi connectivity index (χ1) is 9.24. The van der Waals surface area contributed by atoms with Crippen molar-refractivity contribution in [2.45, 2.75) is 12.5 Å². The third kappa shape index (κ3) is 2.14. The van der Waals surface area contributed by atoms with Gasteiger partial charge < -0.3 is 10.5 Å². The molecule has 0 amide bonds. The highest BCUT2D eigenvalue weighted by Gasteiger charge is 2.32. The molecular formula is C15H20N2OS. The zero-order valence-electron chi connectivity index (χ0n) is 11.4. The number of nitrogens with two attached hydrogens (primary N) is 1. The van der Waals surface area contributed by atoms with Crippen LogP contribution < -0.4 is 10.5 Å². The SMILES string of the molecule is COc1c(C2CC(CN)CN2C)ccc2sccc12. The Bertz CT molecular complexity index is 581. The summed E-state index contributed by atoms with van der Waals surface area (Å²) in [5.41, 5.74) is 7.12. The lowest BCUT2D eigenvalue weighted by Crippen LogP contribution is -2.20. The molecule has 0 radical (unpaired) electrons. The van der Waals surface area contributed by atoms with Crippen molar-refractivity contribution >= 4 is 21.4 Å². The maximum absolute atomic E-state index is 5.82. The van der Waals surface area contributed by atoms with Gasteiger partial charge in [0.25, 0.3) is 0 Å². The number of benzene rings is 1. The van der Waals surface area contributed by atoms with Gasteiger partial charge in [-0.2, -0.15) is 0 Å². The van der Waals surface area contributed by atoms with Crippen LogP contribution in [-0.2, 0) is 0 Å². The lowest BCUT2D eigenvalue weighted by molar-refractivity contribution is 0.304. The molecule has 2 aromatic rings. The summed E-state index contributed by atoms with van der Waals surface area (Å²) >= 11 is 1.76. The standard InChI is InChI=1S/C15H20N2OS/c1-17-9-10(8-16)7-13(17)11-3-4-14-12(5-6-19-14)15(11)18-2/h3-6,10,13H,7-9,16H2,1-2H3. The summed E-state index contributed by atoms with van der Waals surface area (Å²) in [5, 5.41) is 3.35. The topological polar surface area (TPSA) is 38.5 Å². The summed E-state index contributed by atoms with van der Waals surface area (Å²) in [4.78, 5) is 2.40. The molecule has 2 unspecified atom stereocenters. The van der Waals surface area contributed by atoms with Crippen molar-refractivity contribution in [3.05, 3.63) is 29.1 Å². The van der Waals surface area contributed by atoms with E-state index >= 15 is 0 Å². The summed E-state index contributed by atoms with van der Waals surface area (Å²) in [6.45, 7) is 1.84. The molecule has 1 saturated heterocycles. The molecule has 2 atom stereocenters. The van der Waals surface area contributed by atoms with Crippen LogP contribution in [0.2, 0.25) is 0 Å². The first-order valence-corrected chi connectivity index (χ1v) is 7.57. The van der Waals surface area contributed by atoms with Crippen LogP contribution >= 0.6 is 11.3 Å². The van der Waals surface area contributed by atoms with Crippen LogP contribution in [0.5, 0.6) is 5.75 Å². The summed E-state index contributed by atoms with van der Waals surface area (Å²) in [6, 6.07) is 7.00. The second kappa shape index (κ2) is 5.12. The Morgan fingerprint density at radius 2 is 2.26 bits per heavy atom. The first kappa shape index (κ1) is 12.9. The fourth-order valence-corrected chi connectivity index (χ4v) is 3.95. The van der Waals surface area contributed by atoms with E-state index in [-0.39, 0.29) is 0 Å². The van der Waals surface area contributed by atoms with Crippen LogP contribution in [0.3, 0.4) is 0 Å². The number of rotatable bonds is 3. The van der Waals surface area contributed by atoms with Gasteiger partial charge in [0.05, 0.1) is 7.11 Å². The van der Waals surface area contributed by atoms with E-state index < -0.39 is 0 Å². The highest BCUT2D eigenvalue weighted by Crippen LogP contribution is 2.42. The molecule has 1 aromatic heterocycles. The number of ether oxygens (including phenoxy) is 1. The smallest absolute Gasteiger partial charge is 0.132 e. The van der Waals surface area contributed by atoms with Crippen molar-refractivity contribution in [1.29, 1.82) is 0 Å². The van der Waals surface area contributed by atoms with Gasteiger partial charge in [-0.05, 0) is 43.4 Å². The zero-order valence-corrected chi connectivity index (χ0v) is 12.2. The minimum Gasteiger partial charge on any atom is -0.496 e. The second-order valence-electron chi connectivity index (χ2n) is 5.31. The van der Waals surface area contributed by atoms with Crippen molar-refractivity contribution in [3.8, 4) is 5.75 Å². The number of hydrogen-bond donors (Lipinski definition) is 1. The van der Waals surface area contributed by atoms with Crippen molar-refractivity contribution in [3.63, 3.8) is 0 Å². The third-order valence-electron chi connectivity index (χ3n) is 4.15. The molecule has 0 spiro atoms. The van der Waals surface area contributed by atoms with Gasteiger partial charge in [0.1, 0.15) is 5.75 Å². The molecule has 1 aliphatic heterocycles. The Morgan fingerprint density at radius 1 is 1.42 bits per heavy atom. The van der Waals surface area contributed by atoms with Gasteiger partial charge in [-0.15, -0.1) is 11.3 Å². The van der Waals surface area contributed by atoms with Crippen LogP contribution in [0.4, 0.5) is 0 Å². The Balaban J connectivity index is 2.04. The van der Waals surface area contributed by atoms with Gasteiger partial charge in [0.15, 0.2) is 0 Å². The molecule has 102 valence electrons. The van der Waals surface area contributed by atoms with E-state index in [2.05, 4.69) is 35.5 Å². The Labute approximate surface area is 118 Å². The summed E-state index contributed by atoms with van der Waals surface area (Å²) in [6.07, 6.45) is 1.12. The van der Waals surface area contributed by atoms with Gasteiger partial charge in [-0.25, -0.2) is 0 Å². The van der Waals surface area contributed by atoms with Crippen molar-refractivity contribution in [1.82, 2.24) is 4.90 Å². The quantitative estimate of drug-likeness (QED) is 0.937. The van der Waals surface area contributed by atoms with Gasteiger partial charge >= 0.3 is 0 Å². The molecule has 0 saturated carbocycles. The Morgan fingerprint density at radius 3 is 2.95 bits per heavy atom. The number of likely N-dealkylation sites (tertiary alicyclic amines) is 1. The van der Waals surface area contributed by atoms with Crippen LogP contribution in [0.25, 0.3) is 10.1 Å². The van der Waals surface area contributed by atoms with Gasteiger partial charge in [0.2, 0.25) is 0 Å². The number of methoxy groups -OCH3 is 1. The monoisotopic (exact) mass is 276 g/mol. The van der Waals surface area contributed by atoms with Crippen molar-refractivity contribution in [2.75, 3.05) is 27.2 Å². The number of nitrogens with zero attached hydrogens (tertiary/aromatic N) is 1. The summed E-state index contributed by atoms with van der Waals surface area (Å²) in [7, 11) is 3.95. The molecule has 19 heavy (non-hydrogen) atoms. The molecule has 4 heteroatoms. The van der Waals surface area contributed by atoms with Crippen molar-refractivity contribution in [2.24, 2.45) is 11.7 Å². The zero-order chi connectivity index (χ0) is 13.4. The number of thiophene rings is 1. The predicted octanol–water partition coefficient (Wildman–Crippen LogP) is 2.86. The van der Waals surface area contributed by atoms with Gasteiger partial charge in [-0.1, -0.05) is 6.07 Å². The van der Waals surface area contributed by atoms with E-state index in [1.165, 1.54) is 15.6 Å². The highest BCUT2D eigenvalue weighted by atomic mass is 32.1. The molecule has 1 fully saturated rings. The molecule has 0 aliphatic carbocycles. The molecule has 2 heterocycles. The maximum Gasteiger partial charge on any atom is 0.132 e. The third-order valence-corrected chi connectivity index (χ3v) is 5.03. The van der Waals surface area contributed by atoms with Gasteiger partial charge in [0, 0.05) is 28.2 Å². The maximum atomic E-state index is 5.82. The van der Waals surface area contributed by atoms with Crippen molar-refractivity contribution < 1.29 is 4.74 Å². The Hall–Kier alpha value is -1.10. The first-order valence-electron chi connectivity index (χ1n) is 6.69. The van der Waals surface area contributed by atoms with Crippen LogP contribution in [-0.4, -0.2) is 32.1 Å². The minimum atomic E-state index is 0.424. The van der Waals surface area contributed by atoms with E-state index in [1.807, 2.05) is 0 Å². The molecule has 0 bridgehead atoms. The van der Waals surface area contributed by atoms with Gasteiger partial charge in [-0.3, -0.25) is 4.90 Å². The van der Waals surface area contributed by atoms with E-state index in [1.54, 1.807) is 18.4 Å². The second-order valence-corrected chi connectivity index (χ2v) is 6.26. The predicted molar refractivity (Wildman–Crippen MR) is 80.9 cm³/mol. The van der Waals surface area contributed by atoms with Crippen LogP contribution in [0, 0.1) is 5.92 Å². The average Bonchev–Trinajstić information content (AvgIpc) is 3.03. The van der Waals surface area contributed by atoms with Crippen LogP contribution in [0.15, 0.2) is 23.6 Å².